The molecule has 0 N–H and O–H groups in total. The number of aromatic nitrogens is 1. The van der Waals surface area contributed by atoms with Crippen LogP contribution in [0.3, 0.4) is 0 Å². The van der Waals surface area contributed by atoms with Crippen LogP contribution in [-0.4, -0.2) is 10.3 Å². The predicted octanol–water partition coefficient (Wildman–Crippen LogP) is 3.97. The van der Waals surface area contributed by atoms with Crippen molar-refractivity contribution in [3.63, 3.8) is 0 Å². The van der Waals surface area contributed by atoms with Crippen LogP contribution in [0.15, 0.2) is 34.5 Å². The summed E-state index contributed by atoms with van der Waals surface area (Å²) < 4.78 is 3.55. The van der Waals surface area contributed by atoms with Crippen LogP contribution >= 0.6 is 11.3 Å². The number of hydrogen-bond donors (Lipinski definition) is 0. The molecule has 1 unspecified atom stereocenters. The lowest BCUT2D eigenvalue weighted by Crippen LogP contribution is -2.18. The summed E-state index contributed by atoms with van der Waals surface area (Å²) in [6.07, 6.45) is 1.09. The van der Waals surface area contributed by atoms with Crippen LogP contribution in [0.5, 0.6) is 0 Å². The highest BCUT2D eigenvalue weighted by Crippen LogP contribution is 2.21. The van der Waals surface area contributed by atoms with E-state index in [0.717, 1.165) is 16.9 Å². The van der Waals surface area contributed by atoms with Gasteiger partial charge in [0.15, 0.2) is 0 Å². The summed E-state index contributed by atoms with van der Waals surface area (Å²) in [5, 5.41) is 8.58. The van der Waals surface area contributed by atoms with E-state index in [-0.39, 0.29) is 0 Å². The number of nitrogens with zero attached hydrogens (tertiary/aromatic N) is 3. The van der Waals surface area contributed by atoms with Crippen molar-refractivity contribution in [1.29, 1.82) is 0 Å². The molecule has 0 saturated carbocycles. The number of hydrogen-bond acceptors (Lipinski definition) is 3. The van der Waals surface area contributed by atoms with Gasteiger partial charge in [-0.05, 0) is 39.3 Å². The van der Waals surface area contributed by atoms with Gasteiger partial charge in [0.25, 0.3) is 0 Å². The maximum atomic E-state index is 4.38. The van der Waals surface area contributed by atoms with Crippen LogP contribution in [0, 0.1) is 0 Å². The molecule has 0 bridgehead atoms. The number of para-hydroxylation sites is 1. The first-order valence-corrected chi connectivity index (χ1v) is 7.10. The van der Waals surface area contributed by atoms with E-state index in [2.05, 4.69) is 52.9 Å². The summed E-state index contributed by atoms with van der Waals surface area (Å²) in [6.45, 7) is 8.34. The molecule has 18 heavy (non-hydrogen) atoms. The lowest BCUT2D eigenvalue weighted by atomic mass is 10.2. The molecule has 0 fully saturated rings. The second-order valence-corrected chi connectivity index (χ2v) is 5.64. The number of fused-ring (bicyclic) bond motifs is 1. The molecule has 4 heteroatoms. The Kier molecular flexibility index (Phi) is 3.97. The molecular formula is C14H19N3S. The Labute approximate surface area is 111 Å². The van der Waals surface area contributed by atoms with Crippen molar-refractivity contribution >= 4 is 27.3 Å². The molecule has 1 aromatic carbocycles. The third-order valence-corrected chi connectivity index (χ3v) is 3.93. The summed E-state index contributed by atoms with van der Waals surface area (Å²) in [6, 6.07) is 8.87. The van der Waals surface area contributed by atoms with Gasteiger partial charge in [-0.2, -0.15) is 5.10 Å². The zero-order chi connectivity index (χ0) is 13.1. The van der Waals surface area contributed by atoms with Crippen LogP contribution in [-0.2, 0) is 0 Å². The largest absolute Gasteiger partial charge is 0.312 e. The van der Waals surface area contributed by atoms with E-state index in [9.17, 15) is 0 Å². The first-order chi connectivity index (χ1) is 8.63. The lowest BCUT2D eigenvalue weighted by Gasteiger charge is -2.11. The molecular weight excluding hydrogens is 242 g/mol. The number of thiazole rings is 1. The average molecular weight is 261 g/mol. The molecule has 0 aliphatic rings. The van der Waals surface area contributed by atoms with E-state index < -0.39 is 0 Å². The summed E-state index contributed by atoms with van der Waals surface area (Å²) >= 11 is 1.70. The lowest BCUT2D eigenvalue weighted by molar-refractivity contribution is 0.532. The maximum absolute atomic E-state index is 4.38. The second-order valence-electron chi connectivity index (χ2n) is 4.63. The molecule has 0 radical (unpaired) electrons. The molecule has 0 amide bonds. The van der Waals surface area contributed by atoms with Crippen molar-refractivity contribution in [2.24, 2.45) is 10.2 Å². The van der Waals surface area contributed by atoms with Gasteiger partial charge in [-0.15, -0.1) is 5.10 Å². The summed E-state index contributed by atoms with van der Waals surface area (Å²) in [5.41, 5.74) is 2.22. The third-order valence-electron chi connectivity index (χ3n) is 2.90. The van der Waals surface area contributed by atoms with Gasteiger partial charge in [-0.3, -0.25) is 0 Å². The van der Waals surface area contributed by atoms with Gasteiger partial charge in [0, 0.05) is 11.8 Å². The minimum atomic E-state index is 0.437. The standard InChI is InChI=1S/C14H19N3S/c1-5-11(4)17-12-8-6-7-9-13(12)18-14(17)16-15-10(2)3/h6-9,11H,5H2,1-4H3. The molecule has 1 heterocycles. The van der Waals surface area contributed by atoms with Crippen molar-refractivity contribution in [1.82, 2.24) is 4.57 Å². The fourth-order valence-corrected chi connectivity index (χ4v) is 2.89. The van der Waals surface area contributed by atoms with E-state index in [1.165, 1.54) is 10.2 Å². The highest BCUT2D eigenvalue weighted by Gasteiger charge is 2.10. The van der Waals surface area contributed by atoms with Crippen molar-refractivity contribution in [3.8, 4) is 0 Å². The van der Waals surface area contributed by atoms with Gasteiger partial charge < -0.3 is 4.57 Å². The van der Waals surface area contributed by atoms with Gasteiger partial charge in [0.2, 0.25) is 4.80 Å². The summed E-state index contributed by atoms with van der Waals surface area (Å²) in [5.74, 6) is 0. The Balaban J connectivity index is 2.72. The van der Waals surface area contributed by atoms with Gasteiger partial charge >= 0.3 is 0 Å². The van der Waals surface area contributed by atoms with E-state index in [1.807, 2.05) is 13.8 Å². The first-order valence-electron chi connectivity index (χ1n) is 6.28. The first kappa shape index (κ1) is 13.0. The predicted molar refractivity (Wildman–Crippen MR) is 79.2 cm³/mol. The van der Waals surface area contributed by atoms with Crippen molar-refractivity contribution < 1.29 is 0 Å². The van der Waals surface area contributed by atoms with Crippen molar-refractivity contribution in [3.05, 3.63) is 29.1 Å². The molecule has 0 aliphatic carbocycles. The highest BCUT2D eigenvalue weighted by atomic mass is 32.1. The van der Waals surface area contributed by atoms with E-state index in [1.54, 1.807) is 11.3 Å². The minimum absolute atomic E-state index is 0.437. The molecule has 0 saturated heterocycles. The van der Waals surface area contributed by atoms with Gasteiger partial charge in [0.05, 0.1) is 10.2 Å². The molecule has 0 aliphatic heterocycles. The fraction of sp³-hybridized carbons (Fsp3) is 0.429. The quantitative estimate of drug-likeness (QED) is 0.591. The van der Waals surface area contributed by atoms with E-state index in [4.69, 9.17) is 0 Å². The van der Waals surface area contributed by atoms with Crippen LogP contribution in [0.4, 0.5) is 0 Å². The molecule has 96 valence electrons. The fourth-order valence-electron chi connectivity index (χ4n) is 1.81. The minimum Gasteiger partial charge on any atom is -0.312 e. The Hall–Kier alpha value is -1.42. The summed E-state index contributed by atoms with van der Waals surface area (Å²) in [7, 11) is 0. The van der Waals surface area contributed by atoms with Crippen molar-refractivity contribution in [2.45, 2.75) is 40.2 Å². The molecule has 0 spiro atoms. The molecule has 1 aromatic heterocycles. The Morgan fingerprint density at radius 1 is 1.33 bits per heavy atom. The SMILES string of the molecule is CCC(C)n1c(=NN=C(C)C)sc2ccccc21. The Bertz CT molecular complexity index is 630. The smallest absolute Gasteiger partial charge is 0.211 e. The van der Waals surface area contributed by atoms with Gasteiger partial charge in [-0.25, -0.2) is 0 Å². The second kappa shape index (κ2) is 5.48. The van der Waals surface area contributed by atoms with E-state index >= 15 is 0 Å². The van der Waals surface area contributed by atoms with Gasteiger partial charge in [0.1, 0.15) is 0 Å². The number of rotatable bonds is 3. The monoisotopic (exact) mass is 261 g/mol. The molecule has 3 nitrogen and oxygen atoms in total. The zero-order valence-corrected chi connectivity index (χ0v) is 12.2. The van der Waals surface area contributed by atoms with Crippen LogP contribution in [0.1, 0.15) is 40.2 Å². The molecule has 2 rings (SSSR count). The molecule has 1 atom stereocenters. The van der Waals surface area contributed by atoms with E-state index in [0.29, 0.717) is 6.04 Å². The topological polar surface area (TPSA) is 29.6 Å². The number of benzene rings is 1. The van der Waals surface area contributed by atoms with Crippen LogP contribution < -0.4 is 4.80 Å². The summed E-state index contributed by atoms with van der Waals surface area (Å²) in [4.78, 5) is 0.978. The zero-order valence-electron chi connectivity index (χ0n) is 11.3. The van der Waals surface area contributed by atoms with Crippen LogP contribution in [0.2, 0.25) is 0 Å². The van der Waals surface area contributed by atoms with Gasteiger partial charge in [-0.1, -0.05) is 30.4 Å². The maximum Gasteiger partial charge on any atom is 0.211 e. The normalized spacial score (nSPS) is 13.9. The highest BCUT2D eigenvalue weighted by molar-refractivity contribution is 7.16. The average Bonchev–Trinajstić information content (AvgIpc) is 2.73. The van der Waals surface area contributed by atoms with Crippen molar-refractivity contribution in [2.75, 3.05) is 0 Å². The van der Waals surface area contributed by atoms with Crippen LogP contribution in [0.25, 0.3) is 10.2 Å². The Morgan fingerprint density at radius 2 is 2.06 bits per heavy atom. The third kappa shape index (κ3) is 2.53. The molecule has 2 aromatic rings. The Morgan fingerprint density at radius 3 is 2.72 bits per heavy atom.